The van der Waals surface area contributed by atoms with Crippen molar-refractivity contribution < 1.29 is 17.9 Å². The van der Waals surface area contributed by atoms with Crippen molar-refractivity contribution in [2.45, 2.75) is 25.0 Å². The van der Waals surface area contributed by atoms with Crippen molar-refractivity contribution in [3.05, 3.63) is 34.2 Å². The zero-order valence-electron chi connectivity index (χ0n) is 9.58. The van der Waals surface area contributed by atoms with Crippen LogP contribution in [0.4, 0.5) is 0 Å². The lowest BCUT2D eigenvalue weighted by Crippen LogP contribution is -2.23. The normalized spacial score (nSPS) is 11.9. The Hall–Kier alpha value is -1.22. The van der Waals surface area contributed by atoms with Gasteiger partial charge in [-0.3, -0.25) is 0 Å². The van der Waals surface area contributed by atoms with Gasteiger partial charge < -0.3 is 9.52 Å². The predicted octanol–water partition coefficient (Wildman–Crippen LogP) is 1.02. The molecule has 0 fully saturated rings. The number of hydrogen-bond acceptors (Lipinski definition) is 6. The SMILES string of the molecule is Cc1oc(CO)cc1S(=O)(=O)NCc1nccs1. The molecule has 2 rings (SSSR count). The number of aryl methyl sites for hydroxylation is 1. The third kappa shape index (κ3) is 2.78. The first-order chi connectivity index (χ1) is 8.53. The van der Waals surface area contributed by atoms with E-state index in [1.165, 1.54) is 24.3 Å². The molecule has 0 amide bonds. The van der Waals surface area contributed by atoms with Gasteiger partial charge in [0, 0.05) is 17.6 Å². The smallest absolute Gasteiger partial charge is 0.244 e. The molecule has 0 atom stereocenters. The van der Waals surface area contributed by atoms with Crippen molar-refractivity contribution in [1.29, 1.82) is 0 Å². The molecule has 0 aromatic carbocycles. The Bertz CT molecular complexity index is 616. The maximum atomic E-state index is 12.0. The number of hydrogen-bond donors (Lipinski definition) is 2. The van der Waals surface area contributed by atoms with Gasteiger partial charge in [0.1, 0.15) is 28.0 Å². The van der Waals surface area contributed by atoms with Crippen molar-refractivity contribution in [2.24, 2.45) is 0 Å². The van der Waals surface area contributed by atoms with Crippen LogP contribution in [0, 0.1) is 6.92 Å². The molecular weight excluding hydrogens is 276 g/mol. The van der Waals surface area contributed by atoms with Crippen LogP contribution in [-0.4, -0.2) is 18.5 Å². The van der Waals surface area contributed by atoms with Crippen LogP contribution in [0.2, 0.25) is 0 Å². The number of sulfonamides is 1. The van der Waals surface area contributed by atoms with Crippen LogP contribution in [0.15, 0.2) is 27.0 Å². The van der Waals surface area contributed by atoms with Gasteiger partial charge in [0.2, 0.25) is 10.0 Å². The minimum atomic E-state index is -3.64. The second kappa shape index (κ2) is 5.19. The molecule has 98 valence electrons. The standard InChI is InChI=1S/C10H12N2O4S2/c1-7-9(4-8(6-13)16-7)18(14,15)12-5-10-11-2-3-17-10/h2-4,12-13H,5-6H2,1H3. The summed E-state index contributed by atoms with van der Waals surface area (Å²) in [4.78, 5) is 4.03. The summed E-state index contributed by atoms with van der Waals surface area (Å²) in [6.07, 6.45) is 1.61. The second-order valence-corrected chi connectivity index (χ2v) is 6.26. The third-order valence-electron chi connectivity index (χ3n) is 2.27. The fourth-order valence-electron chi connectivity index (χ4n) is 1.44. The summed E-state index contributed by atoms with van der Waals surface area (Å²) in [7, 11) is -3.64. The molecule has 0 saturated carbocycles. The van der Waals surface area contributed by atoms with Crippen LogP contribution in [0.25, 0.3) is 0 Å². The van der Waals surface area contributed by atoms with Crippen LogP contribution >= 0.6 is 11.3 Å². The Balaban J connectivity index is 2.17. The van der Waals surface area contributed by atoms with Crippen LogP contribution in [0.3, 0.4) is 0 Å². The highest BCUT2D eigenvalue weighted by Gasteiger charge is 2.21. The fourth-order valence-corrected chi connectivity index (χ4v) is 3.28. The summed E-state index contributed by atoms with van der Waals surface area (Å²) in [5.74, 6) is 0.479. The van der Waals surface area contributed by atoms with Crippen molar-refractivity contribution in [3.63, 3.8) is 0 Å². The molecule has 18 heavy (non-hydrogen) atoms. The van der Waals surface area contributed by atoms with Gasteiger partial charge in [0.15, 0.2) is 0 Å². The Labute approximate surface area is 108 Å². The number of aliphatic hydroxyl groups excluding tert-OH is 1. The van der Waals surface area contributed by atoms with Crippen molar-refractivity contribution >= 4 is 21.4 Å². The van der Waals surface area contributed by atoms with E-state index in [2.05, 4.69) is 9.71 Å². The summed E-state index contributed by atoms with van der Waals surface area (Å²) in [5, 5.41) is 11.4. The molecule has 2 aromatic rings. The van der Waals surface area contributed by atoms with E-state index in [0.29, 0.717) is 5.01 Å². The molecule has 0 aliphatic heterocycles. The highest BCUT2D eigenvalue weighted by atomic mass is 32.2. The number of nitrogens with zero attached hydrogens (tertiary/aromatic N) is 1. The van der Waals surface area contributed by atoms with E-state index in [4.69, 9.17) is 9.52 Å². The molecule has 0 saturated heterocycles. The lowest BCUT2D eigenvalue weighted by molar-refractivity contribution is 0.244. The van der Waals surface area contributed by atoms with E-state index >= 15 is 0 Å². The molecule has 2 aromatic heterocycles. The molecule has 0 bridgehead atoms. The Morgan fingerprint density at radius 3 is 2.89 bits per heavy atom. The average molecular weight is 288 g/mol. The van der Waals surface area contributed by atoms with Gasteiger partial charge >= 0.3 is 0 Å². The Morgan fingerprint density at radius 1 is 1.56 bits per heavy atom. The van der Waals surface area contributed by atoms with Crippen molar-refractivity contribution in [1.82, 2.24) is 9.71 Å². The van der Waals surface area contributed by atoms with Gasteiger partial charge in [-0.2, -0.15) is 0 Å². The van der Waals surface area contributed by atoms with Gasteiger partial charge in [0.25, 0.3) is 0 Å². The molecule has 8 heteroatoms. The Morgan fingerprint density at radius 2 is 2.33 bits per heavy atom. The first kappa shape index (κ1) is 13.2. The quantitative estimate of drug-likeness (QED) is 0.856. The highest BCUT2D eigenvalue weighted by Crippen LogP contribution is 2.20. The second-order valence-electron chi connectivity index (χ2n) is 3.54. The fraction of sp³-hybridized carbons (Fsp3) is 0.300. The summed E-state index contributed by atoms with van der Waals surface area (Å²) in [6, 6.07) is 1.32. The van der Waals surface area contributed by atoms with Crippen molar-refractivity contribution in [3.8, 4) is 0 Å². The van der Waals surface area contributed by atoms with Gasteiger partial charge in [-0.1, -0.05) is 0 Å². The van der Waals surface area contributed by atoms with Crippen molar-refractivity contribution in [2.75, 3.05) is 0 Å². The number of rotatable bonds is 5. The highest BCUT2D eigenvalue weighted by molar-refractivity contribution is 7.89. The minimum absolute atomic E-state index is 0.0445. The molecule has 0 aliphatic carbocycles. The molecule has 6 nitrogen and oxygen atoms in total. The monoisotopic (exact) mass is 288 g/mol. The lowest BCUT2D eigenvalue weighted by Gasteiger charge is -2.03. The van der Waals surface area contributed by atoms with Gasteiger partial charge in [-0.25, -0.2) is 18.1 Å². The van der Waals surface area contributed by atoms with E-state index in [9.17, 15) is 8.42 Å². The topological polar surface area (TPSA) is 92.4 Å². The average Bonchev–Trinajstić information content (AvgIpc) is 2.95. The Kier molecular flexibility index (Phi) is 3.81. The molecule has 2 heterocycles. The maximum absolute atomic E-state index is 12.0. The van der Waals surface area contributed by atoms with Gasteiger partial charge in [0.05, 0.1) is 6.54 Å². The summed E-state index contributed by atoms with van der Waals surface area (Å²) >= 11 is 1.37. The van der Waals surface area contributed by atoms with Gasteiger partial charge in [-0.05, 0) is 6.92 Å². The summed E-state index contributed by atoms with van der Waals surface area (Å²) in [6.45, 7) is 1.35. The maximum Gasteiger partial charge on any atom is 0.244 e. The van der Waals surface area contributed by atoms with Crippen LogP contribution < -0.4 is 4.72 Å². The van der Waals surface area contributed by atoms with E-state index in [-0.39, 0.29) is 29.6 Å². The summed E-state index contributed by atoms with van der Waals surface area (Å²) < 4.78 is 31.5. The van der Waals surface area contributed by atoms with E-state index in [1.807, 2.05) is 0 Å². The van der Waals surface area contributed by atoms with Crippen LogP contribution in [0.5, 0.6) is 0 Å². The molecule has 0 radical (unpaired) electrons. The molecule has 0 unspecified atom stereocenters. The molecule has 0 spiro atoms. The summed E-state index contributed by atoms with van der Waals surface area (Å²) in [5.41, 5.74) is 0. The largest absolute Gasteiger partial charge is 0.462 e. The number of aromatic nitrogens is 1. The zero-order chi connectivity index (χ0) is 13.2. The zero-order valence-corrected chi connectivity index (χ0v) is 11.2. The molecular formula is C10H12N2O4S2. The first-order valence-corrected chi connectivity index (χ1v) is 7.47. The number of nitrogens with one attached hydrogen (secondary N) is 1. The lowest BCUT2D eigenvalue weighted by atomic mass is 10.4. The van der Waals surface area contributed by atoms with E-state index < -0.39 is 10.0 Å². The van der Waals surface area contributed by atoms with E-state index in [1.54, 1.807) is 11.6 Å². The number of furan rings is 1. The van der Waals surface area contributed by atoms with Crippen LogP contribution in [0.1, 0.15) is 16.5 Å². The van der Waals surface area contributed by atoms with E-state index in [0.717, 1.165) is 0 Å². The number of aliphatic hydroxyl groups is 1. The van der Waals surface area contributed by atoms with Gasteiger partial charge in [-0.15, -0.1) is 11.3 Å². The molecule has 0 aliphatic rings. The number of thiazole rings is 1. The predicted molar refractivity (Wildman–Crippen MR) is 65.5 cm³/mol. The molecule has 2 N–H and O–H groups in total. The minimum Gasteiger partial charge on any atom is -0.462 e. The van der Waals surface area contributed by atoms with Crippen LogP contribution in [-0.2, 0) is 23.2 Å². The first-order valence-electron chi connectivity index (χ1n) is 5.11. The third-order valence-corrected chi connectivity index (χ3v) is 4.55.